The molecule has 0 aliphatic heterocycles. The second-order valence-corrected chi connectivity index (χ2v) is 4.38. The third kappa shape index (κ3) is 2.85. The van der Waals surface area contributed by atoms with Crippen molar-refractivity contribution in [1.82, 2.24) is 0 Å². The molecule has 20 heavy (non-hydrogen) atoms. The third-order valence-corrected chi connectivity index (χ3v) is 2.99. The summed E-state index contributed by atoms with van der Waals surface area (Å²) in [5.41, 5.74) is 0.391. The fraction of sp³-hybridized carbons (Fsp3) is 0.125. The first-order valence-corrected chi connectivity index (χ1v) is 6.03. The lowest BCUT2D eigenvalue weighted by Crippen LogP contribution is -2.06. The van der Waals surface area contributed by atoms with Gasteiger partial charge in [-0.25, -0.2) is 0 Å². The number of hydrogen-bond donors (Lipinski definition) is 1. The summed E-state index contributed by atoms with van der Waals surface area (Å²) >= 11 is 0. The Morgan fingerprint density at radius 3 is 2.45 bits per heavy atom. The van der Waals surface area contributed by atoms with E-state index in [4.69, 9.17) is 0 Å². The largest absolute Gasteiger partial charge is 0.508 e. The molecule has 0 saturated heterocycles. The minimum atomic E-state index is -4.41. The number of alkyl halides is 3. The maximum absolute atomic E-state index is 13.0. The van der Waals surface area contributed by atoms with Crippen LogP contribution in [0.3, 0.4) is 0 Å². The van der Waals surface area contributed by atoms with Crippen molar-refractivity contribution >= 4 is 0 Å². The van der Waals surface area contributed by atoms with E-state index < -0.39 is 11.7 Å². The normalized spacial score (nSPS) is 11.3. The lowest BCUT2D eigenvalue weighted by Gasteiger charge is -2.14. The summed E-state index contributed by atoms with van der Waals surface area (Å²) in [5, 5.41) is 9.67. The van der Waals surface area contributed by atoms with Crippen LogP contribution in [0, 0.1) is 0 Å². The molecule has 0 spiro atoms. The standard InChI is InChI=1S/C16H13F3O/c1-2-5-12-10-11(8-9-15(12)20)13-6-3-4-7-14(13)16(17,18)19/h2-4,6-10,20H,1,5H2. The maximum Gasteiger partial charge on any atom is 0.417 e. The summed E-state index contributed by atoms with van der Waals surface area (Å²) in [6.07, 6.45) is -2.42. The lowest BCUT2D eigenvalue weighted by molar-refractivity contribution is -0.137. The average molecular weight is 278 g/mol. The highest BCUT2D eigenvalue weighted by Crippen LogP contribution is 2.37. The molecule has 1 nitrogen and oxygen atoms in total. The van der Waals surface area contributed by atoms with Gasteiger partial charge >= 0.3 is 6.18 Å². The van der Waals surface area contributed by atoms with Gasteiger partial charge < -0.3 is 5.11 Å². The van der Waals surface area contributed by atoms with E-state index in [0.717, 1.165) is 6.07 Å². The molecular weight excluding hydrogens is 265 g/mol. The van der Waals surface area contributed by atoms with E-state index in [1.54, 1.807) is 18.2 Å². The molecule has 0 unspecified atom stereocenters. The van der Waals surface area contributed by atoms with Crippen LogP contribution >= 0.6 is 0 Å². The molecule has 0 radical (unpaired) electrons. The Morgan fingerprint density at radius 1 is 1.10 bits per heavy atom. The Kier molecular flexibility index (Phi) is 3.84. The van der Waals surface area contributed by atoms with Crippen LogP contribution in [-0.4, -0.2) is 5.11 Å². The first-order valence-electron chi connectivity index (χ1n) is 6.03. The number of hydrogen-bond acceptors (Lipinski definition) is 1. The molecular formula is C16H13F3O. The fourth-order valence-electron chi connectivity index (χ4n) is 2.05. The number of aromatic hydroxyl groups is 1. The Bertz CT molecular complexity index is 630. The van der Waals surface area contributed by atoms with Gasteiger partial charge in [0.25, 0.3) is 0 Å². The lowest BCUT2D eigenvalue weighted by atomic mass is 9.96. The zero-order valence-electron chi connectivity index (χ0n) is 10.6. The Balaban J connectivity index is 2.57. The Hall–Kier alpha value is -2.23. The zero-order chi connectivity index (χ0) is 14.8. The van der Waals surface area contributed by atoms with E-state index in [1.165, 1.54) is 24.3 Å². The molecule has 0 fully saturated rings. The van der Waals surface area contributed by atoms with E-state index in [2.05, 4.69) is 6.58 Å². The van der Waals surface area contributed by atoms with Gasteiger partial charge in [-0.15, -0.1) is 6.58 Å². The molecule has 2 aromatic carbocycles. The number of benzene rings is 2. The topological polar surface area (TPSA) is 20.2 Å². The van der Waals surface area contributed by atoms with Crippen molar-refractivity contribution in [2.45, 2.75) is 12.6 Å². The molecule has 0 saturated carbocycles. The van der Waals surface area contributed by atoms with E-state index in [1.807, 2.05) is 0 Å². The number of halogens is 3. The number of rotatable bonds is 3. The van der Waals surface area contributed by atoms with Crippen LogP contribution in [0.4, 0.5) is 13.2 Å². The molecule has 2 aromatic rings. The molecule has 0 atom stereocenters. The number of allylic oxidation sites excluding steroid dienone is 1. The molecule has 0 aliphatic carbocycles. The second-order valence-electron chi connectivity index (χ2n) is 4.38. The molecule has 1 N–H and O–H groups in total. The Labute approximate surface area is 115 Å². The van der Waals surface area contributed by atoms with Crippen molar-refractivity contribution in [3.05, 3.63) is 66.2 Å². The van der Waals surface area contributed by atoms with Gasteiger partial charge in [0.2, 0.25) is 0 Å². The first-order chi connectivity index (χ1) is 9.43. The molecule has 4 heteroatoms. The molecule has 0 amide bonds. The fourth-order valence-corrected chi connectivity index (χ4v) is 2.05. The van der Waals surface area contributed by atoms with Crippen LogP contribution in [0.1, 0.15) is 11.1 Å². The smallest absolute Gasteiger partial charge is 0.417 e. The van der Waals surface area contributed by atoms with Gasteiger partial charge in [-0.1, -0.05) is 30.3 Å². The number of phenols is 1. The van der Waals surface area contributed by atoms with E-state index in [0.29, 0.717) is 17.5 Å². The van der Waals surface area contributed by atoms with Crippen LogP contribution in [0.2, 0.25) is 0 Å². The van der Waals surface area contributed by atoms with Gasteiger partial charge in [-0.05, 0) is 41.3 Å². The monoisotopic (exact) mass is 278 g/mol. The minimum Gasteiger partial charge on any atom is -0.508 e. The van der Waals surface area contributed by atoms with Gasteiger partial charge in [0.1, 0.15) is 5.75 Å². The molecule has 0 aromatic heterocycles. The summed E-state index contributed by atoms with van der Waals surface area (Å²) in [6, 6.07) is 9.83. The summed E-state index contributed by atoms with van der Waals surface area (Å²) in [5.74, 6) is 0.0538. The van der Waals surface area contributed by atoms with E-state index in [-0.39, 0.29) is 11.3 Å². The van der Waals surface area contributed by atoms with Crippen LogP contribution in [-0.2, 0) is 12.6 Å². The predicted octanol–water partition coefficient (Wildman–Crippen LogP) is 4.81. The summed E-state index contributed by atoms with van der Waals surface area (Å²) in [6.45, 7) is 3.57. The molecule has 0 aliphatic rings. The number of phenolic OH excluding ortho intramolecular Hbond substituents is 1. The van der Waals surface area contributed by atoms with E-state index in [9.17, 15) is 18.3 Å². The van der Waals surface area contributed by atoms with Crippen LogP contribution in [0.5, 0.6) is 5.75 Å². The predicted molar refractivity (Wildman–Crippen MR) is 72.4 cm³/mol. The van der Waals surface area contributed by atoms with Crippen molar-refractivity contribution < 1.29 is 18.3 Å². The van der Waals surface area contributed by atoms with E-state index >= 15 is 0 Å². The molecule has 0 heterocycles. The molecule has 0 bridgehead atoms. The summed E-state index contributed by atoms with van der Waals surface area (Å²) in [4.78, 5) is 0. The van der Waals surface area contributed by atoms with Crippen LogP contribution in [0.25, 0.3) is 11.1 Å². The van der Waals surface area contributed by atoms with Gasteiger partial charge in [0.05, 0.1) is 5.56 Å². The van der Waals surface area contributed by atoms with Crippen molar-refractivity contribution in [3.63, 3.8) is 0 Å². The van der Waals surface area contributed by atoms with Crippen molar-refractivity contribution in [3.8, 4) is 16.9 Å². The highest BCUT2D eigenvalue weighted by atomic mass is 19.4. The SMILES string of the molecule is C=CCc1cc(-c2ccccc2C(F)(F)F)ccc1O. The highest BCUT2D eigenvalue weighted by molar-refractivity contribution is 5.69. The quantitative estimate of drug-likeness (QED) is 0.799. The van der Waals surface area contributed by atoms with Crippen molar-refractivity contribution in [2.24, 2.45) is 0 Å². The Morgan fingerprint density at radius 2 is 1.80 bits per heavy atom. The highest BCUT2D eigenvalue weighted by Gasteiger charge is 2.33. The summed E-state index contributed by atoms with van der Waals surface area (Å²) < 4.78 is 39.0. The summed E-state index contributed by atoms with van der Waals surface area (Å²) in [7, 11) is 0. The maximum atomic E-state index is 13.0. The average Bonchev–Trinajstić information content (AvgIpc) is 2.41. The first kappa shape index (κ1) is 14.2. The van der Waals surface area contributed by atoms with Gasteiger partial charge in [0, 0.05) is 0 Å². The minimum absolute atomic E-state index is 0.0538. The van der Waals surface area contributed by atoms with Gasteiger partial charge in [-0.2, -0.15) is 13.2 Å². The van der Waals surface area contributed by atoms with Gasteiger partial charge in [0.15, 0.2) is 0 Å². The van der Waals surface area contributed by atoms with Crippen LogP contribution < -0.4 is 0 Å². The third-order valence-electron chi connectivity index (χ3n) is 2.99. The van der Waals surface area contributed by atoms with Crippen molar-refractivity contribution in [1.29, 1.82) is 0 Å². The molecule has 2 rings (SSSR count). The van der Waals surface area contributed by atoms with Crippen LogP contribution in [0.15, 0.2) is 55.1 Å². The second kappa shape index (κ2) is 5.41. The zero-order valence-corrected chi connectivity index (χ0v) is 10.6. The van der Waals surface area contributed by atoms with Crippen molar-refractivity contribution in [2.75, 3.05) is 0 Å². The molecule has 104 valence electrons. The van der Waals surface area contributed by atoms with Gasteiger partial charge in [-0.3, -0.25) is 0 Å².